The fourth-order valence-electron chi connectivity index (χ4n) is 2.40. The molecule has 1 amide bonds. The maximum Gasteiger partial charge on any atom is 0.240 e. The van der Waals surface area contributed by atoms with Crippen molar-refractivity contribution >= 4 is 5.91 Å². The number of nitrogens with zero attached hydrogens (tertiary/aromatic N) is 2. The summed E-state index contributed by atoms with van der Waals surface area (Å²) >= 11 is 0. The van der Waals surface area contributed by atoms with Crippen molar-refractivity contribution < 1.29 is 4.79 Å². The van der Waals surface area contributed by atoms with Crippen molar-refractivity contribution in [3.8, 4) is 0 Å². The summed E-state index contributed by atoms with van der Waals surface area (Å²) in [7, 11) is 0. The molecule has 2 rings (SSSR count). The minimum absolute atomic E-state index is 0.00377. The fourth-order valence-corrected chi connectivity index (χ4v) is 2.40. The lowest BCUT2D eigenvalue weighted by molar-refractivity contribution is -0.131. The number of rotatable bonds is 5. The van der Waals surface area contributed by atoms with Gasteiger partial charge in [-0.15, -0.1) is 0 Å². The Hall–Kier alpha value is -1.42. The first kappa shape index (κ1) is 13.0. The molecule has 0 radical (unpaired) electrons. The van der Waals surface area contributed by atoms with E-state index in [-0.39, 0.29) is 18.0 Å². The molecule has 18 heavy (non-hydrogen) atoms. The Morgan fingerprint density at radius 2 is 2.44 bits per heavy atom. The first-order chi connectivity index (χ1) is 8.74. The van der Waals surface area contributed by atoms with Crippen LogP contribution in [0.2, 0.25) is 0 Å². The Bertz CT molecular complexity index is 393. The Kier molecular flexibility index (Phi) is 4.31. The van der Waals surface area contributed by atoms with Gasteiger partial charge in [-0.3, -0.25) is 9.78 Å². The van der Waals surface area contributed by atoms with E-state index in [0.717, 1.165) is 31.5 Å². The van der Waals surface area contributed by atoms with Gasteiger partial charge >= 0.3 is 0 Å². The number of pyridine rings is 1. The predicted octanol–water partition coefficient (Wildman–Crippen LogP) is 1.74. The molecule has 2 unspecified atom stereocenters. The Morgan fingerprint density at radius 1 is 1.61 bits per heavy atom. The van der Waals surface area contributed by atoms with Crippen LogP contribution < -0.4 is 5.32 Å². The SMILES string of the molecule is CCCNC1CCN(C(C)c2cccnc2)C1=O. The quantitative estimate of drug-likeness (QED) is 0.862. The van der Waals surface area contributed by atoms with Crippen LogP contribution in [0.15, 0.2) is 24.5 Å². The van der Waals surface area contributed by atoms with Gasteiger partial charge in [0.15, 0.2) is 0 Å². The Labute approximate surface area is 108 Å². The smallest absolute Gasteiger partial charge is 0.240 e. The van der Waals surface area contributed by atoms with Crippen molar-refractivity contribution in [1.82, 2.24) is 15.2 Å². The van der Waals surface area contributed by atoms with Gasteiger partial charge in [-0.1, -0.05) is 13.0 Å². The third-order valence-corrected chi connectivity index (χ3v) is 3.51. The second-order valence-corrected chi connectivity index (χ2v) is 4.79. The largest absolute Gasteiger partial charge is 0.334 e. The molecule has 0 aliphatic carbocycles. The highest BCUT2D eigenvalue weighted by atomic mass is 16.2. The third kappa shape index (κ3) is 2.70. The highest BCUT2D eigenvalue weighted by Gasteiger charge is 2.34. The molecule has 1 aromatic rings. The van der Waals surface area contributed by atoms with E-state index in [1.165, 1.54) is 0 Å². The molecule has 98 valence electrons. The topological polar surface area (TPSA) is 45.2 Å². The van der Waals surface area contributed by atoms with E-state index in [0.29, 0.717) is 0 Å². The fraction of sp³-hybridized carbons (Fsp3) is 0.571. The van der Waals surface area contributed by atoms with Crippen LogP contribution in [-0.2, 0) is 4.79 Å². The lowest BCUT2D eigenvalue weighted by atomic mass is 10.1. The van der Waals surface area contributed by atoms with Crippen LogP contribution in [-0.4, -0.2) is 34.9 Å². The number of hydrogen-bond acceptors (Lipinski definition) is 3. The Morgan fingerprint density at radius 3 is 3.11 bits per heavy atom. The molecule has 2 atom stereocenters. The van der Waals surface area contributed by atoms with Gasteiger partial charge in [-0.2, -0.15) is 0 Å². The minimum Gasteiger partial charge on any atom is -0.334 e. The highest BCUT2D eigenvalue weighted by Crippen LogP contribution is 2.24. The molecule has 1 aliphatic rings. The van der Waals surface area contributed by atoms with E-state index < -0.39 is 0 Å². The van der Waals surface area contributed by atoms with Crippen molar-refractivity contribution in [2.24, 2.45) is 0 Å². The summed E-state index contributed by atoms with van der Waals surface area (Å²) < 4.78 is 0. The zero-order valence-corrected chi connectivity index (χ0v) is 11.1. The molecular formula is C14H21N3O. The molecule has 1 saturated heterocycles. The normalized spacial score (nSPS) is 21.3. The average molecular weight is 247 g/mol. The molecule has 1 fully saturated rings. The number of likely N-dealkylation sites (tertiary alicyclic amines) is 1. The molecule has 1 aromatic heterocycles. The number of nitrogens with one attached hydrogen (secondary N) is 1. The second kappa shape index (κ2) is 5.96. The van der Waals surface area contributed by atoms with E-state index in [9.17, 15) is 4.79 Å². The molecule has 0 bridgehead atoms. The van der Waals surface area contributed by atoms with Crippen molar-refractivity contribution in [1.29, 1.82) is 0 Å². The lowest BCUT2D eigenvalue weighted by Crippen LogP contribution is -2.39. The maximum atomic E-state index is 12.3. The van der Waals surface area contributed by atoms with Crippen LogP contribution in [0.5, 0.6) is 0 Å². The first-order valence-electron chi connectivity index (χ1n) is 6.67. The summed E-state index contributed by atoms with van der Waals surface area (Å²) in [5, 5.41) is 3.31. The molecule has 2 heterocycles. The minimum atomic E-state index is 0.00377. The van der Waals surface area contributed by atoms with E-state index >= 15 is 0 Å². The van der Waals surface area contributed by atoms with Crippen molar-refractivity contribution in [2.45, 2.75) is 38.8 Å². The van der Waals surface area contributed by atoms with Crippen LogP contribution in [0.3, 0.4) is 0 Å². The summed E-state index contributed by atoms with van der Waals surface area (Å²) in [5.41, 5.74) is 1.10. The third-order valence-electron chi connectivity index (χ3n) is 3.51. The zero-order chi connectivity index (χ0) is 13.0. The highest BCUT2D eigenvalue weighted by molar-refractivity contribution is 5.84. The number of hydrogen-bond donors (Lipinski definition) is 1. The van der Waals surface area contributed by atoms with Gasteiger partial charge in [0.05, 0.1) is 12.1 Å². The van der Waals surface area contributed by atoms with E-state index in [2.05, 4.69) is 24.1 Å². The lowest BCUT2D eigenvalue weighted by Gasteiger charge is -2.25. The molecule has 4 heteroatoms. The molecule has 1 N–H and O–H groups in total. The molecule has 0 aromatic carbocycles. The number of amides is 1. The summed E-state index contributed by atoms with van der Waals surface area (Å²) in [5.74, 6) is 0.222. The van der Waals surface area contributed by atoms with Crippen LogP contribution >= 0.6 is 0 Å². The molecule has 4 nitrogen and oxygen atoms in total. The summed E-state index contributed by atoms with van der Waals surface area (Å²) in [6.45, 7) is 5.92. The van der Waals surface area contributed by atoms with Gasteiger partial charge in [0.25, 0.3) is 0 Å². The van der Waals surface area contributed by atoms with Crippen LogP contribution in [0.25, 0.3) is 0 Å². The molecule has 0 spiro atoms. The van der Waals surface area contributed by atoms with E-state index in [1.54, 1.807) is 6.20 Å². The van der Waals surface area contributed by atoms with Crippen LogP contribution in [0.4, 0.5) is 0 Å². The predicted molar refractivity (Wildman–Crippen MR) is 71.1 cm³/mol. The summed E-state index contributed by atoms with van der Waals surface area (Å²) in [6.07, 6.45) is 5.56. The molecule has 0 saturated carbocycles. The molecule has 1 aliphatic heterocycles. The van der Waals surface area contributed by atoms with E-state index in [4.69, 9.17) is 0 Å². The number of carbonyl (C=O) groups is 1. The standard InChI is InChI=1S/C14H21N3O/c1-3-7-16-13-6-9-17(14(13)18)11(2)12-5-4-8-15-10-12/h4-5,8,10-11,13,16H,3,6-7,9H2,1-2H3. The second-order valence-electron chi connectivity index (χ2n) is 4.79. The Balaban J connectivity index is 2.00. The summed E-state index contributed by atoms with van der Waals surface area (Å²) in [6, 6.07) is 4.06. The summed E-state index contributed by atoms with van der Waals surface area (Å²) in [4.78, 5) is 18.3. The van der Waals surface area contributed by atoms with Crippen molar-refractivity contribution in [3.63, 3.8) is 0 Å². The van der Waals surface area contributed by atoms with Gasteiger partial charge < -0.3 is 10.2 Å². The van der Waals surface area contributed by atoms with Gasteiger partial charge in [0.2, 0.25) is 5.91 Å². The van der Waals surface area contributed by atoms with Crippen molar-refractivity contribution in [2.75, 3.05) is 13.1 Å². The van der Waals surface area contributed by atoms with Crippen LogP contribution in [0.1, 0.15) is 38.3 Å². The van der Waals surface area contributed by atoms with Gasteiger partial charge in [0, 0.05) is 18.9 Å². The zero-order valence-electron chi connectivity index (χ0n) is 11.1. The maximum absolute atomic E-state index is 12.3. The molecular weight excluding hydrogens is 226 g/mol. The van der Waals surface area contributed by atoms with Crippen LogP contribution in [0, 0.1) is 0 Å². The van der Waals surface area contributed by atoms with Crippen molar-refractivity contribution in [3.05, 3.63) is 30.1 Å². The number of aromatic nitrogens is 1. The van der Waals surface area contributed by atoms with Gasteiger partial charge in [0.1, 0.15) is 0 Å². The van der Waals surface area contributed by atoms with Gasteiger partial charge in [-0.25, -0.2) is 0 Å². The first-order valence-corrected chi connectivity index (χ1v) is 6.67. The average Bonchev–Trinajstić information content (AvgIpc) is 2.78. The monoisotopic (exact) mass is 247 g/mol. The van der Waals surface area contributed by atoms with E-state index in [1.807, 2.05) is 23.2 Å². The van der Waals surface area contributed by atoms with Gasteiger partial charge in [-0.05, 0) is 37.9 Å². The number of carbonyl (C=O) groups excluding carboxylic acids is 1.